The van der Waals surface area contributed by atoms with E-state index in [1.807, 2.05) is 71.9 Å². The van der Waals surface area contributed by atoms with Gasteiger partial charge in [0, 0.05) is 38.5 Å². The zero-order chi connectivity index (χ0) is 30.7. The summed E-state index contributed by atoms with van der Waals surface area (Å²) >= 11 is 0. The summed E-state index contributed by atoms with van der Waals surface area (Å²) in [4.78, 5) is 10.5. The molecule has 0 saturated carbocycles. The maximum absolute atomic E-state index is 11.8. The Balaban J connectivity index is 0.000000575. The Bertz CT molecular complexity index is 1580. The zero-order valence-electron chi connectivity index (χ0n) is 23.1. The van der Waals surface area contributed by atoms with Crippen LogP contribution in [0.4, 0.5) is 0 Å². The van der Waals surface area contributed by atoms with E-state index in [0.717, 1.165) is 33.7 Å². The summed E-state index contributed by atoms with van der Waals surface area (Å²) < 4.78 is 59.8. The second-order valence-electron chi connectivity index (χ2n) is 9.89. The molecule has 2 atom stereocenters. The Morgan fingerprint density at radius 1 is 0.854 bits per heavy atom. The van der Waals surface area contributed by atoms with Gasteiger partial charge in [0.25, 0.3) is 0 Å². The van der Waals surface area contributed by atoms with Crippen LogP contribution in [0.2, 0.25) is 0 Å². The number of fused-ring (bicyclic) bond motifs is 2. The summed E-state index contributed by atoms with van der Waals surface area (Å²) in [5.41, 5.74) is 3.45. The first kappa shape index (κ1) is 38.4. The first-order valence-electron chi connectivity index (χ1n) is 11.4. The molecule has 0 aliphatic rings. The third-order valence-electron chi connectivity index (χ3n) is 4.58. The van der Waals surface area contributed by atoms with Crippen LogP contribution < -0.4 is 5.14 Å². The molecule has 229 valence electrons. The third-order valence-corrected chi connectivity index (χ3v) is 7.13. The molecule has 41 heavy (non-hydrogen) atoms. The van der Waals surface area contributed by atoms with Crippen LogP contribution in [-0.4, -0.2) is 68.3 Å². The molecule has 2 heterocycles. The van der Waals surface area contributed by atoms with Crippen LogP contribution in [0.15, 0.2) is 53.2 Å². The van der Waals surface area contributed by atoms with Gasteiger partial charge < -0.3 is 9.11 Å². The number of hydrogen-bond donors (Lipinski definition) is 3. The Hall–Kier alpha value is -2.63. The number of H-pyrrole nitrogens is 2. The molecule has 4 N–H and O–H groups in total. The molecule has 4 aromatic rings. The van der Waals surface area contributed by atoms with Crippen molar-refractivity contribution in [1.82, 2.24) is 20.4 Å². The summed E-state index contributed by atoms with van der Waals surface area (Å²) in [5.74, 6) is 0. The molecule has 0 spiro atoms. The average Bonchev–Trinajstić information content (AvgIpc) is 3.50. The summed E-state index contributed by atoms with van der Waals surface area (Å²) in [6, 6.07) is 11.3. The van der Waals surface area contributed by atoms with Gasteiger partial charge in [-0.25, -0.2) is 8.42 Å². The number of carbonyl (C=O) groups is 1. The molecule has 0 unspecified atom stereocenters. The van der Waals surface area contributed by atoms with Gasteiger partial charge in [0.15, 0.2) is 6.29 Å². The Morgan fingerprint density at radius 2 is 1.24 bits per heavy atom. The molecule has 0 bridgehead atoms. The van der Waals surface area contributed by atoms with Gasteiger partial charge in [0.1, 0.15) is 11.0 Å². The van der Waals surface area contributed by atoms with Crippen molar-refractivity contribution < 1.29 is 47.8 Å². The van der Waals surface area contributed by atoms with Crippen molar-refractivity contribution in [1.29, 1.82) is 0 Å². The number of nitrogens with one attached hydrogen (secondary N) is 2. The minimum absolute atomic E-state index is 0. The van der Waals surface area contributed by atoms with Crippen molar-refractivity contribution >= 4 is 66.7 Å². The molecule has 4 rings (SSSR count). The topological polar surface area (TPSA) is 227 Å². The molecule has 0 fully saturated rings. The van der Waals surface area contributed by atoms with Crippen LogP contribution in [0.5, 0.6) is 0 Å². The quantitative estimate of drug-likeness (QED) is 0.0952. The van der Waals surface area contributed by atoms with Crippen LogP contribution in [0.3, 0.4) is 0 Å². The van der Waals surface area contributed by atoms with Gasteiger partial charge in [-0.05, 0) is 53.7 Å². The summed E-state index contributed by atoms with van der Waals surface area (Å²) in [5, 5.41) is 20.4. The van der Waals surface area contributed by atoms with Gasteiger partial charge in [0.2, 0.25) is 0 Å². The van der Waals surface area contributed by atoms with E-state index in [0.29, 0.717) is 5.56 Å². The average molecular weight is 676 g/mol. The van der Waals surface area contributed by atoms with Crippen molar-refractivity contribution in [3.63, 3.8) is 0 Å². The van der Waals surface area contributed by atoms with E-state index >= 15 is 0 Å². The molecule has 2 aromatic heterocycles. The fraction of sp³-hybridized carbons (Fsp3) is 0.333. The number of nitrogens with two attached hydrogens (primary N) is 1. The van der Waals surface area contributed by atoms with Crippen molar-refractivity contribution in [2.75, 3.05) is 0 Å². The monoisotopic (exact) mass is 675 g/mol. The predicted molar refractivity (Wildman–Crippen MR) is 156 cm³/mol. The van der Waals surface area contributed by atoms with Crippen molar-refractivity contribution in [3.05, 3.63) is 59.9 Å². The van der Waals surface area contributed by atoms with Crippen molar-refractivity contribution in [2.24, 2.45) is 9.54 Å². The van der Waals surface area contributed by atoms with E-state index in [-0.39, 0.29) is 26.6 Å². The maximum atomic E-state index is 11.8. The minimum Gasteiger partial charge on any atom is -0.759 e. The smallest absolute Gasteiger partial charge is 0.759 e. The van der Waals surface area contributed by atoms with Crippen LogP contribution in [0, 0.1) is 0 Å². The second-order valence-corrected chi connectivity index (χ2v) is 14.5. The predicted octanol–water partition coefficient (Wildman–Crippen LogP) is 2.89. The van der Waals surface area contributed by atoms with Crippen LogP contribution in [-0.2, 0) is 49.4 Å². The second kappa shape index (κ2) is 16.7. The SMILES string of the molecule is CC(C)(C)[S@@](=O)N=Cc1cccc2[nH]ncc12.CC(C)(C)[S@](N)=O.O=Cc1cccc2[nH]ncc12.O=S(=O)([O-])[O-].[Cu+2]. The van der Waals surface area contributed by atoms with E-state index in [9.17, 15) is 13.2 Å². The fourth-order valence-electron chi connectivity index (χ4n) is 2.46. The van der Waals surface area contributed by atoms with Crippen molar-refractivity contribution in [2.45, 2.75) is 51.0 Å². The maximum Gasteiger partial charge on any atom is 2.00 e. The zero-order valence-corrected chi connectivity index (χ0v) is 26.5. The Kier molecular flexibility index (Phi) is 15.6. The van der Waals surface area contributed by atoms with Gasteiger partial charge in [0.05, 0.1) is 43.9 Å². The number of aldehydes is 1. The molecule has 0 aliphatic carbocycles. The number of hydrogen-bond acceptors (Lipinski definition) is 9. The summed E-state index contributed by atoms with van der Waals surface area (Å²) in [6.07, 6.45) is 5.88. The molecule has 1 radical (unpaired) electrons. The van der Waals surface area contributed by atoms with Gasteiger partial charge >= 0.3 is 17.1 Å². The molecule has 0 amide bonds. The third kappa shape index (κ3) is 14.7. The van der Waals surface area contributed by atoms with Crippen LogP contribution in [0.1, 0.15) is 57.5 Å². The summed E-state index contributed by atoms with van der Waals surface area (Å²) in [7, 11) is -7.58. The molecular weight excluding hydrogens is 644 g/mol. The van der Waals surface area contributed by atoms with E-state index < -0.39 is 32.4 Å². The van der Waals surface area contributed by atoms with Crippen LogP contribution in [0.25, 0.3) is 21.8 Å². The molecule has 0 saturated heterocycles. The van der Waals surface area contributed by atoms with E-state index in [1.165, 1.54) is 0 Å². The first-order valence-corrected chi connectivity index (χ1v) is 15.1. The van der Waals surface area contributed by atoms with E-state index in [1.54, 1.807) is 24.7 Å². The van der Waals surface area contributed by atoms with Crippen molar-refractivity contribution in [3.8, 4) is 0 Å². The Morgan fingerprint density at radius 3 is 1.61 bits per heavy atom. The molecule has 0 aliphatic heterocycles. The van der Waals surface area contributed by atoms with E-state index in [4.69, 9.17) is 22.7 Å². The number of benzene rings is 2. The number of aromatic nitrogens is 4. The molecular formula is C24H32CuN6O7S3. The van der Waals surface area contributed by atoms with Gasteiger partial charge in [-0.1, -0.05) is 24.3 Å². The molecule has 2 aromatic carbocycles. The minimum atomic E-state index is -5.17. The van der Waals surface area contributed by atoms with Crippen LogP contribution >= 0.6 is 0 Å². The summed E-state index contributed by atoms with van der Waals surface area (Å²) in [6.45, 7) is 11.2. The first-order chi connectivity index (χ1) is 18.3. The van der Waals surface area contributed by atoms with Gasteiger partial charge in [-0.15, -0.1) is 0 Å². The number of aromatic amines is 2. The largest absolute Gasteiger partial charge is 2.00 e. The number of carbonyl (C=O) groups excluding carboxylic acids is 1. The van der Waals surface area contributed by atoms with Gasteiger partial charge in [-0.2, -0.15) is 14.6 Å². The standard InChI is InChI=1S/C12H15N3OS.C8H6N2O.C4H11NOS.Cu.H2O4S/c1-12(2,3)17(16)14-7-9-5-4-6-11-10(9)8-13-15-11;11-5-6-2-1-3-8-7(6)4-9-10-8;1-4(2,3)7(5)6;;1-5(2,3)4/h4-8H,1-3H3,(H,13,15);1-5H,(H,9,10);5H2,1-3H3;;(H2,1,2,3,4)/q;;;+2;/p-2/t17-;;7-;;/m1.1../s1. The van der Waals surface area contributed by atoms with E-state index in [2.05, 4.69) is 24.8 Å². The molecule has 17 heteroatoms. The normalized spacial score (nSPS) is 13.0. The van der Waals surface area contributed by atoms with Gasteiger partial charge in [-0.3, -0.25) is 28.5 Å². The fourth-order valence-corrected chi connectivity index (χ4v) is 2.99. The Labute approximate surface area is 254 Å². The number of rotatable bonds is 3. The molecule has 13 nitrogen and oxygen atoms in total. The number of nitrogens with zero attached hydrogens (tertiary/aromatic N) is 3.